The number of carbonyl (C=O) groups excluding carboxylic acids is 1. The molecule has 0 saturated carbocycles. The molecule has 3 heteroatoms. The van der Waals surface area contributed by atoms with E-state index in [0.29, 0.717) is 0 Å². The number of hydrogen-bond donors (Lipinski definition) is 0. The van der Waals surface area contributed by atoms with Gasteiger partial charge in [-0.3, -0.25) is 4.79 Å². The lowest BCUT2D eigenvalue weighted by Crippen LogP contribution is -2.17. The van der Waals surface area contributed by atoms with Gasteiger partial charge in [0.25, 0.3) is 0 Å². The Hall–Kier alpha value is -5.77. The number of ketones is 1. The molecule has 2 aliphatic carbocycles. The van der Waals surface area contributed by atoms with Gasteiger partial charge in [0.1, 0.15) is 0 Å². The summed E-state index contributed by atoms with van der Waals surface area (Å²) >= 11 is 1.84. The molecule has 0 N–H and O–H groups in total. The molecule has 49 heavy (non-hydrogen) atoms. The van der Waals surface area contributed by atoms with Crippen LogP contribution >= 0.6 is 11.3 Å². The van der Waals surface area contributed by atoms with Crippen molar-refractivity contribution in [2.24, 2.45) is 0 Å². The zero-order chi connectivity index (χ0) is 32.9. The van der Waals surface area contributed by atoms with Crippen molar-refractivity contribution >= 4 is 54.4 Å². The predicted octanol–water partition coefficient (Wildman–Crippen LogP) is 12.7. The van der Waals surface area contributed by atoms with Crippen LogP contribution in [0.4, 0.5) is 17.1 Å². The van der Waals surface area contributed by atoms with Gasteiger partial charge >= 0.3 is 0 Å². The Morgan fingerprint density at radius 2 is 1.14 bits per heavy atom. The minimum absolute atomic E-state index is 0.0769. The maximum atomic E-state index is 14.1. The summed E-state index contributed by atoms with van der Waals surface area (Å²) in [6, 6.07) is 54.1. The van der Waals surface area contributed by atoms with Crippen molar-refractivity contribution < 1.29 is 4.79 Å². The van der Waals surface area contributed by atoms with E-state index in [0.717, 1.165) is 44.9 Å². The van der Waals surface area contributed by atoms with Gasteiger partial charge in [0.15, 0.2) is 5.78 Å². The van der Waals surface area contributed by atoms with E-state index in [4.69, 9.17) is 0 Å². The Balaban J connectivity index is 1.14. The number of fused-ring (bicyclic) bond motifs is 9. The molecule has 7 aromatic carbocycles. The van der Waals surface area contributed by atoms with Gasteiger partial charge in [0.05, 0.1) is 11.3 Å². The van der Waals surface area contributed by atoms with Gasteiger partial charge in [-0.05, 0) is 93.0 Å². The quantitative estimate of drug-likeness (QED) is 0.190. The first-order valence-corrected chi connectivity index (χ1v) is 17.6. The number of thiophene rings is 1. The Labute approximate surface area is 289 Å². The van der Waals surface area contributed by atoms with Gasteiger partial charge in [-0.2, -0.15) is 0 Å². The van der Waals surface area contributed by atoms with E-state index in [1.165, 1.54) is 48.0 Å². The van der Waals surface area contributed by atoms with Gasteiger partial charge in [0.2, 0.25) is 0 Å². The van der Waals surface area contributed by atoms with Crippen molar-refractivity contribution in [1.82, 2.24) is 0 Å². The van der Waals surface area contributed by atoms with Crippen LogP contribution in [0.3, 0.4) is 0 Å². The second-order valence-corrected chi connectivity index (χ2v) is 14.8. The third-order valence-corrected chi connectivity index (χ3v) is 11.8. The number of rotatable bonds is 4. The molecule has 0 atom stereocenters. The first kappa shape index (κ1) is 28.3. The Bertz CT molecular complexity index is 2660. The SMILES string of the molecule is CC1(C)c2ccccc2-c2ccc(N(c3ccc(-c4ccc5sc6ccccc6c5c4)cc3)c3cccc4c3C(=O)c3ccccc3-4)cc21. The fraction of sp³-hybridized carbons (Fsp3) is 0.0652. The number of hydrogen-bond acceptors (Lipinski definition) is 3. The highest BCUT2D eigenvalue weighted by molar-refractivity contribution is 7.25. The topological polar surface area (TPSA) is 20.3 Å². The summed E-state index contributed by atoms with van der Waals surface area (Å²) in [5.74, 6) is 0.0769. The van der Waals surface area contributed by atoms with E-state index in [-0.39, 0.29) is 11.2 Å². The second kappa shape index (κ2) is 10.4. The normalized spacial score (nSPS) is 13.7. The van der Waals surface area contributed by atoms with E-state index in [9.17, 15) is 4.79 Å². The molecular formula is C46H31NOS. The average Bonchev–Trinajstić information content (AvgIpc) is 3.74. The second-order valence-electron chi connectivity index (χ2n) is 13.7. The summed E-state index contributed by atoms with van der Waals surface area (Å²) in [7, 11) is 0. The summed E-state index contributed by atoms with van der Waals surface area (Å²) in [6.45, 7) is 4.63. The van der Waals surface area contributed by atoms with Crippen molar-refractivity contribution in [2.75, 3.05) is 4.90 Å². The fourth-order valence-corrected chi connectivity index (χ4v) is 9.29. The van der Waals surface area contributed by atoms with Gasteiger partial charge in [0, 0.05) is 42.5 Å². The average molecular weight is 646 g/mol. The number of benzene rings is 7. The summed E-state index contributed by atoms with van der Waals surface area (Å²) in [5, 5.41) is 2.60. The van der Waals surface area contributed by atoms with E-state index in [2.05, 4.69) is 152 Å². The molecular weight excluding hydrogens is 615 g/mol. The lowest BCUT2D eigenvalue weighted by Gasteiger charge is -2.29. The molecule has 0 amide bonds. The van der Waals surface area contributed by atoms with E-state index < -0.39 is 0 Å². The number of carbonyl (C=O) groups is 1. The highest BCUT2D eigenvalue weighted by Gasteiger charge is 2.37. The molecule has 2 aliphatic rings. The Kier molecular flexibility index (Phi) is 5.98. The van der Waals surface area contributed by atoms with Crippen LogP contribution in [0.5, 0.6) is 0 Å². The van der Waals surface area contributed by atoms with Crippen LogP contribution < -0.4 is 4.90 Å². The lowest BCUT2D eigenvalue weighted by molar-refractivity contribution is 0.104. The number of nitrogens with zero attached hydrogens (tertiary/aromatic N) is 1. The van der Waals surface area contributed by atoms with Crippen LogP contribution in [-0.2, 0) is 5.41 Å². The van der Waals surface area contributed by atoms with E-state index in [1.807, 2.05) is 29.5 Å². The summed E-state index contributed by atoms with van der Waals surface area (Å²) in [5.41, 5.74) is 13.9. The van der Waals surface area contributed by atoms with Gasteiger partial charge < -0.3 is 4.90 Å². The van der Waals surface area contributed by atoms with Crippen LogP contribution in [0, 0.1) is 0 Å². The molecule has 232 valence electrons. The first-order valence-electron chi connectivity index (χ1n) is 16.8. The molecule has 0 unspecified atom stereocenters. The molecule has 0 spiro atoms. The highest BCUT2D eigenvalue weighted by Crippen LogP contribution is 2.52. The van der Waals surface area contributed by atoms with Crippen molar-refractivity contribution in [1.29, 1.82) is 0 Å². The van der Waals surface area contributed by atoms with Crippen LogP contribution in [0.15, 0.2) is 152 Å². The maximum absolute atomic E-state index is 14.1. The molecule has 1 aromatic heterocycles. The Morgan fingerprint density at radius 3 is 2.00 bits per heavy atom. The molecule has 0 saturated heterocycles. The molecule has 8 aromatic rings. The number of anilines is 3. The molecule has 0 radical (unpaired) electrons. The molecule has 1 heterocycles. The van der Waals surface area contributed by atoms with Gasteiger partial charge in [-0.15, -0.1) is 11.3 Å². The van der Waals surface area contributed by atoms with Crippen molar-refractivity contribution in [2.45, 2.75) is 19.3 Å². The molecule has 0 aliphatic heterocycles. The highest BCUT2D eigenvalue weighted by atomic mass is 32.1. The van der Waals surface area contributed by atoms with Crippen molar-refractivity contribution in [3.05, 3.63) is 174 Å². The summed E-state index contributed by atoms with van der Waals surface area (Å²) < 4.78 is 2.62. The zero-order valence-corrected chi connectivity index (χ0v) is 28.0. The van der Waals surface area contributed by atoms with Gasteiger partial charge in [-0.25, -0.2) is 0 Å². The molecule has 0 bridgehead atoms. The van der Waals surface area contributed by atoms with Crippen LogP contribution in [0.1, 0.15) is 40.9 Å². The Morgan fingerprint density at radius 1 is 0.490 bits per heavy atom. The predicted molar refractivity (Wildman–Crippen MR) is 206 cm³/mol. The minimum atomic E-state index is -0.146. The fourth-order valence-electron chi connectivity index (χ4n) is 8.21. The molecule has 0 fully saturated rings. The zero-order valence-electron chi connectivity index (χ0n) is 27.2. The smallest absolute Gasteiger partial charge is 0.196 e. The minimum Gasteiger partial charge on any atom is -0.310 e. The van der Waals surface area contributed by atoms with E-state index >= 15 is 0 Å². The van der Waals surface area contributed by atoms with Crippen molar-refractivity contribution in [3.63, 3.8) is 0 Å². The summed E-state index contributed by atoms with van der Waals surface area (Å²) in [4.78, 5) is 16.4. The maximum Gasteiger partial charge on any atom is 0.196 e. The van der Waals surface area contributed by atoms with Crippen LogP contribution in [-0.4, -0.2) is 5.78 Å². The monoisotopic (exact) mass is 645 g/mol. The molecule has 2 nitrogen and oxygen atoms in total. The largest absolute Gasteiger partial charge is 0.310 e. The standard InChI is InChI=1S/C46H31NOS/c1-46(2)39-15-7-5-11-33(39)34-24-23-31(27-40(34)46)47(41-16-9-14-36-32-10-3-4-13-37(32)45(48)44(36)41)30-21-18-28(19-22-30)29-20-25-43-38(26-29)35-12-6-8-17-42(35)49-43/h3-27H,1-2H3. The van der Waals surface area contributed by atoms with Crippen LogP contribution in [0.25, 0.3) is 53.6 Å². The third kappa shape index (κ3) is 4.09. The van der Waals surface area contributed by atoms with Crippen molar-refractivity contribution in [3.8, 4) is 33.4 Å². The van der Waals surface area contributed by atoms with E-state index in [1.54, 1.807) is 0 Å². The third-order valence-electron chi connectivity index (χ3n) is 10.6. The summed E-state index contributed by atoms with van der Waals surface area (Å²) in [6.07, 6.45) is 0. The first-order chi connectivity index (χ1) is 24.0. The molecule has 10 rings (SSSR count). The van der Waals surface area contributed by atoms with Crippen LogP contribution in [0.2, 0.25) is 0 Å². The van der Waals surface area contributed by atoms with Gasteiger partial charge in [-0.1, -0.05) is 117 Å². The lowest BCUT2D eigenvalue weighted by atomic mass is 9.82.